The summed E-state index contributed by atoms with van der Waals surface area (Å²) in [6.45, 7) is 2.11. The van der Waals surface area contributed by atoms with Crippen LogP contribution >= 0.6 is 0 Å². The summed E-state index contributed by atoms with van der Waals surface area (Å²) in [4.78, 5) is 25.1. The number of alkyl halides is 3. The van der Waals surface area contributed by atoms with Crippen molar-refractivity contribution in [1.29, 1.82) is 0 Å². The average molecular weight is 296 g/mol. The van der Waals surface area contributed by atoms with Crippen LogP contribution < -0.4 is 0 Å². The van der Waals surface area contributed by atoms with E-state index in [1.165, 1.54) is 4.90 Å². The van der Waals surface area contributed by atoms with E-state index in [-0.39, 0.29) is 19.5 Å². The van der Waals surface area contributed by atoms with Crippen molar-refractivity contribution in [3.63, 3.8) is 0 Å². The summed E-state index contributed by atoms with van der Waals surface area (Å²) in [7, 11) is 0. The number of aliphatic carboxylic acids is 1. The van der Waals surface area contributed by atoms with Crippen LogP contribution in [0.25, 0.3) is 0 Å². The molecule has 0 aliphatic carbocycles. The van der Waals surface area contributed by atoms with Gasteiger partial charge in [-0.2, -0.15) is 13.2 Å². The smallest absolute Gasteiger partial charge is 0.406 e. The van der Waals surface area contributed by atoms with Crippen molar-refractivity contribution in [1.82, 2.24) is 9.80 Å². The first-order chi connectivity index (χ1) is 9.17. The fraction of sp³-hybridized carbons (Fsp3) is 0.833. The van der Waals surface area contributed by atoms with E-state index in [0.717, 1.165) is 4.90 Å². The van der Waals surface area contributed by atoms with Crippen LogP contribution in [0.5, 0.6) is 0 Å². The molecule has 1 N–H and O–H groups in total. The highest BCUT2D eigenvalue weighted by Gasteiger charge is 2.41. The van der Waals surface area contributed by atoms with Gasteiger partial charge in [0.25, 0.3) is 0 Å². The zero-order valence-corrected chi connectivity index (χ0v) is 11.5. The van der Waals surface area contributed by atoms with Gasteiger partial charge in [-0.15, -0.1) is 0 Å². The summed E-state index contributed by atoms with van der Waals surface area (Å²) in [6.07, 6.45) is -3.78. The molecular formula is C12H19F3N2O3. The van der Waals surface area contributed by atoms with Crippen LogP contribution in [0.15, 0.2) is 0 Å². The number of carboxylic acids is 1. The van der Waals surface area contributed by atoms with Crippen LogP contribution in [0.1, 0.15) is 26.7 Å². The summed E-state index contributed by atoms with van der Waals surface area (Å²) in [5.41, 5.74) is 0. The number of carbonyl (C=O) groups excluding carboxylic acids is 1. The molecule has 0 spiro atoms. The van der Waals surface area contributed by atoms with Gasteiger partial charge >= 0.3 is 18.2 Å². The molecule has 0 radical (unpaired) electrons. The maximum Gasteiger partial charge on any atom is 0.406 e. The van der Waals surface area contributed by atoms with E-state index in [0.29, 0.717) is 6.42 Å². The van der Waals surface area contributed by atoms with Gasteiger partial charge in [-0.1, -0.05) is 6.92 Å². The quantitative estimate of drug-likeness (QED) is 0.865. The topological polar surface area (TPSA) is 60.9 Å². The first-order valence-corrected chi connectivity index (χ1v) is 6.52. The number of amides is 2. The van der Waals surface area contributed by atoms with Crippen molar-refractivity contribution < 1.29 is 27.9 Å². The Hall–Kier alpha value is -1.47. The zero-order chi connectivity index (χ0) is 15.5. The van der Waals surface area contributed by atoms with Crippen LogP contribution in [0.3, 0.4) is 0 Å². The average Bonchev–Trinajstić information content (AvgIpc) is 2.68. The zero-order valence-electron chi connectivity index (χ0n) is 11.5. The van der Waals surface area contributed by atoms with Crippen LogP contribution in [0, 0.1) is 5.92 Å². The number of likely N-dealkylation sites (tertiary alicyclic amines) is 1. The minimum atomic E-state index is -4.46. The minimum absolute atomic E-state index is 0.000693. The molecule has 0 aromatic heterocycles. The van der Waals surface area contributed by atoms with Gasteiger partial charge in [0, 0.05) is 19.1 Å². The molecule has 1 fully saturated rings. The molecule has 8 heteroatoms. The molecule has 1 heterocycles. The van der Waals surface area contributed by atoms with Gasteiger partial charge in [-0.25, -0.2) is 4.79 Å². The summed E-state index contributed by atoms with van der Waals surface area (Å²) in [5, 5.41) is 8.98. The molecular weight excluding hydrogens is 277 g/mol. The Balaban J connectivity index is 2.78. The highest BCUT2D eigenvalue weighted by molar-refractivity contribution is 5.78. The van der Waals surface area contributed by atoms with Gasteiger partial charge in [0.05, 0.1) is 5.92 Å². The Kier molecular flexibility index (Phi) is 5.24. The summed E-state index contributed by atoms with van der Waals surface area (Å²) >= 11 is 0. The van der Waals surface area contributed by atoms with Crippen molar-refractivity contribution in [3.8, 4) is 0 Å². The second-order valence-electron chi connectivity index (χ2n) is 4.99. The number of rotatable bonds is 4. The van der Waals surface area contributed by atoms with Gasteiger partial charge in [0.1, 0.15) is 6.54 Å². The first-order valence-electron chi connectivity index (χ1n) is 6.52. The van der Waals surface area contributed by atoms with E-state index in [1.807, 2.05) is 0 Å². The number of carbonyl (C=O) groups is 2. The highest BCUT2D eigenvalue weighted by Crippen LogP contribution is 2.26. The summed E-state index contributed by atoms with van der Waals surface area (Å²) in [6, 6.07) is -1.33. The molecule has 1 rings (SSSR count). The van der Waals surface area contributed by atoms with E-state index in [1.54, 1.807) is 13.8 Å². The maximum atomic E-state index is 12.5. The largest absolute Gasteiger partial charge is 0.481 e. The second kappa shape index (κ2) is 6.32. The Morgan fingerprint density at radius 2 is 2.00 bits per heavy atom. The molecule has 0 aromatic rings. The van der Waals surface area contributed by atoms with Crippen LogP contribution in [-0.2, 0) is 4.79 Å². The third-order valence-corrected chi connectivity index (χ3v) is 3.45. The van der Waals surface area contributed by atoms with Gasteiger partial charge in [0.2, 0.25) is 0 Å². The predicted octanol–water partition coefficient (Wildman–Crippen LogP) is 2.18. The van der Waals surface area contributed by atoms with E-state index in [4.69, 9.17) is 5.11 Å². The Morgan fingerprint density at radius 3 is 2.40 bits per heavy atom. The third kappa shape index (κ3) is 4.01. The minimum Gasteiger partial charge on any atom is -0.481 e. The molecule has 2 unspecified atom stereocenters. The lowest BCUT2D eigenvalue weighted by Gasteiger charge is -2.31. The standard InChI is InChI=1S/C12H19F3N2O3/c1-3-5-16(7-12(13,14)15)11(20)17-6-4-9(8(17)2)10(18)19/h8-9H,3-7H2,1-2H3,(H,18,19). The molecule has 1 aliphatic rings. The number of hydrogen-bond donors (Lipinski definition) is 1. The predicted molar refractivity (Wildman–Crippen MR) is 65.2 cm³/mol. The van der Waals surface area contributed by atoms with Crippen molar-refractivity contribution in [2.24, 2.45) is 5.92 Å². The molecule has 2 atom stereocenters. The lowest BCUT2D eigenvalue weighted by atomic mass is 10.0. The fourth-order valence-electron chi connectivity index (χ4n) is 2.45. The number of hydrogen-bond acceptors (Lipinski definition) is 2. The number of halogens is 3. The van der Waals surface area contributed by atoms with E-state index < -0.39 is 36.7 Å². The van der Waals surface area contributed by atoms with Crippen LogP contribution in [0.2, 0.25) is 0 Å². The van der Waals surface area contributed by atoms with Crippen molar-refractivity contribution >= 4 is 12.0 Å². The van der Waals surface area contributed by atoms with E-state index in [2.05, 4.69) is 0 Å². The summed E-state index contributed by atoms with van der Waals surface area (Å²) < 4.78 is 37.4. The molecule has 2 amide bonds. The normalized spacial score (nSPS) is 22.9. The SMILES string of the molecule is CCCN(CC(F)(F)F)C(=O)N1CCC(C(=O)O)C1C. The lowest BCUT2D eigenvalue weighted by Crippen LogP contribution is -2.49. The van der Waals surface area contributed by atoms with Crippen molar-refractivity contribution in [2.75, 3.05) is 19.6 Å². The number of carboxylic acid groups (broad SMARTS) is 1. The van der Waals surface area contributed by atoms with Gasteiger partial charge in [0.15, 0.2) is 0 Å². The molecule has 116 valence electrons. The monoisotopic (exact) mass is 296 g/mol. The maximum absolute atomic E-state index is 12.5. The Morgan fingerprint density at radius 1 is 1.40 bits per heavy atom. The molecule has 0 aromatic carbocycles. The van der Waals surface area contributed by atoms with Crippen LogP contribution in [-0.4, -0.2) is 58.8 Å². The molecule has 20 heavy (non-hydrogen) atoms. The van der Waals surface area contributed by atoms with Crippen molar-refractivity contribution in [3.05, 3.63) is 0 Å². The van der Waals surface area contributed by atoms with Gasteiger partial charge in [-0.3, -0.25) is 4.79 Å². The van der Waals surface area contributed by atoms with E-state index >= 15 is 0 Å². The number of nitrogens with zero attached hydrogens (tertiary/aromatic N) is 2. The Labute approximate surface area is 115 Å². The van der Waals surface area contributed by atoms with Gasteiger partial charge in [-0.05, 0) is 19.8 Å². The third-order valence-electron chi connectivity index (χ3n) is 3.45. The number of urea groups is 1. The summed E-state index contributed by atoms with van der Waals surface area (Å²) in [5.74, 6) is -1.74. The van der Waals surface area contributed by atoms with Gasteiger partial charge < -0.3 is 14.9 Å². The van der Waals surface area contributed by atoms with Crippen molar-refractivity contribution in [2.45, 2.75) is 38.9 Å². The Bertz CT molecular complexity index is 373. The molecule has 1 aliphatic heterocycles. The highest BCUT2D eigenvalue weighted by atomic mass is 19.4. The lowest BCUT2D eigenvalue weighted by molar-refractivity contribution is -0.144. The molecule has 0 saturated carbocycles. The van der Waals surface area contributed by atoms with E-state index in [9.17, 15) is 22.8 Å². The fourth-order valence-corrected chi connectivity index (χ4v) is 2.45. The van der Waals surface area contributed by atoms with Crippen LogP contribution in [0.4, 0.5) is 18.0 Å². The second-order valence-corrected chi connectivity index (χ2v) is 4.99. The molecule has 0 bridgehead atoms. The first kappa shape index (κ1) is 16.6. The molecule has 1 saturated heterocycles. The molecule has 5 nitrogen and oxygen atoms in total.